The van der Waals surface area contributed by atoms with Crippen LogP contribution < -0.4 is 0 Å². The number of hydrogen-bond acceptors (Lipinski definition) is 6. The summed E-state index contributed by atoms with van der Waals surface area (Å²) in [5.41, 5.74) is 1.56. The highest BCUT2D eigenvalue weighted by molar-refractivity contribution is 7.13. The van der Waals surface area contributed by atoms with E-state index in [2.05, 4.69) is 25.6 Å². The number of thiophene rings is 1. The van der Waals surface area contributed by atoms with E-state index in [1.165, 1.54) is 11.3 Å². The lowest BCUT2D eigenvalue weighted by Crippen LogP contribution is -2.31. The van der Waals surface area contributed by atoms with Crippen LogP contribution in [-0.4, -0.2) is 43.0 Å². The number of hydrogen-bond donors (Lipinski definition) is 1. The topological polar surface area (TPSA) is 87.7 Å². The molecule has 0 radical (unpaired) electrons. The molecule has 116 valence electrons. The van der Waals surface area contributed by atoms with Crippen LogP contribution >= 0.6 is 11.3 Å². The van der Waals surface area contributed by atoms with Gasteiger partial charge in [0.05, 0.1) is 22.2 Å². The number of pyridine rings is 1. The van der Waals surface area contributed by atoms with Gasteiger partial charge in [-0.1, -0.05) is 6.07 Å². The Kier molecular flexibility index (Phi) is 3.58. The Balaban J connectivity index is 1.66. The summed E-state index contributed by atoms with van der Waals surface area (Å²) >= 11 is 1.44. The van der Waals surface area contributed by atoms with Gasteiger partial charge in [0.1, 0.15) is 0 Å². The molecule has 1 N–H and O–H groups in total. The molecule has 1 amide bonds. The van der Waals surface area contributed by atoms with Gasteiger partial charge in [0.25, 0.3) is 5.91 Å². The number of H-pyrrole nitrogens is 1. The zero-order chi connectivity index (χ0) is 15.6. The molecule has 0 saturated carbocycles. The van der Waals surface area contributed by atoms with E-state index in [0.29, 0.717) is 11.4 Å². The molecule has 1 atom stereocenters. The van der Waals surface area contributed by atoms with E-state index < -0.39 is 0 Å². The van der Waals surface area contributed by atoms with Crippen LogP contribution in [0.2, 0.25) is 0 Å². The number of aromatic nitrogens is 5. The molecule has 8 heteroatoms. The van der Waals surface area contributed by atoms with Crippen molar-refractivity contribution in [2.75, 3.05) is 6.54 Å². The molecule has 1 saturated heterocycles. The second kappa shape index (κ2) is 5.88. The van der Waals surface area contributed by atoms with Crippen LogP contribution in [0.5, 0.6) is 0 Å². The molecule has 1 aliphatic rings. The van der Waals surface area contributed by atoms with E-state index in [1.807, 2.05) is 34.5 Å². The normalized spacial score (nSPS) is 17.6. The monoisotopic (exact) mass is 326 g/mol. The largest absolute Gasteiger partial charge is 0.330 e. The summed E-state index contributed by atoms with van der Waals surface area (Å²) in [5, 5.41) is 15.9. The second-order valence-corrected chi connectivity index (χ2v) is 6.23. The highest BCUT2D eigenvalue weighted by Gasteiger charge is 2.33. The third kappa shape index (κ3) is 2.50. The van der Waals surface area contributed by atoms with Gasteiger partial charge in [-0.15, -0.1) is 21.5 Å². The maximum atomic E-state index is 13.0. The summed E-state index contributed by atoms with van der Waals surface area (Å²) in [5.74, 6) is 0.455. The molecule has 0 spiro atoms. The molecular formula is C15H14N6OS. The number of tetrazole rings is 1. The highest BCUT2D eigenvalue weighted by atomic mass is 32.1. The average Bonchev–Trinajstić information content (AvgIpc) is 3.34. The third-order valence-electron chi connectivity index (χ3n) is 3.99. The van der Waals surface area contributed by atoms with Gasteiger partial charge in [0, 0.05) is 12.7 Å². The fourth-order valence-electron chi connectivity index (χ4n) is 2.95. The predicted octanol–water partition coefficient (Wildman–Crippen LogP) is 2.30. The lowest BCUT2D eigenvalue weighted by Gasteiger charge is -2.24. The average molecular weight is 326 g/mol. The summed E-state index contributed by atoms with van der Waals surface area (Å²) in [6.45, 7) is 0.738. The molecule has 1 aliphatic heterocycles. The number of aromatic amines is 1. The van der Waals surface area contributed by atoms with Crippen LogP contribution in [0.1, 0.15) is 34.9 Å². The summed E-state index contributed by atoms with van der Waals surface area (Å²) in [6, 6.07) is 7.68. The van der Waals surface area contributed by atoms with Crippen molar-refractivity contribution in [1.29, 1.82) is 0 Å². The Bertz CT molecular complexity index is 801. The molecule has 0 aromatic carbocycles. The highest BCUT2D eigenvalue weighted by Crippen LogP contribution is 2.35. The predicted molar refractivity (Wildman–Crippen MR) is 84.7 cm³/mol. The molecule has 1 unspecified atom stereocenters. The standard InChI is InChI=1S/C15H14N6OS/c22-15(10-6-9-23-13(10)14-17-19-20-18-14)21-8-3-5-12(21)11-4-1-2-7-16-11/h1-2,4,6-7,9,12H,3,5,8H2,(H,17,18,19,20). The van der Waals surface area contributed by atoms with Crippen molar-refractivity contribution >= 4 is 17.2 Å². The molecule has 23 heavy (non-hydrogen) atoms. The summed E-state index contributed by atoms with van der Waals surface area (Å²) in [6.07, 6.45) is 3.69. The number of amides is 1. The SMILES string of the molecule is O=C(c1ccsc1-c1nn[nH]n1)N1CCCC1c1ccccn1. The Labute approximate surface area is 136 Å². The van der Waals surface area contributed by atoms with Crippen LogP contribution in [0.4, 0.5) is 0 Å². The zero-order valence-electron chi connectivity index (χ0n) is 12.2. The van der Waals surface area contributed by atoms with Gasteiger partial charge in [0.2, 0.25) is 5.82 Å². The molecule has 4 rings (SSSR count). The smallest absolute Gasteiger partial charge is 0.256 e. The number of rotatable bonds is 3. The summed E-state index contributed by atoms with van der Waals surface area (Å²) < 4.78 is 0. The molecular weight excluding hydrogens is 312 g/mol. The summed E-state index contributed by atoms with van der Waals surface area (Å²) in [4.78, 5) is 20.1. The first-order valence-corrected chi connectivity index (χ1v) is 8.26. The fraction of sp³-hybridized carbons (Fsp3) is 0.267. The first-order chi connectivity index (χ1) is 11.3. The van der Waals surface area contributed by atoms with Crippen molar-refractivity contribution in [2.45, 2.75) is 18.9 Å². The Morgan fingerprint density at radius 1 is 1.35 bits per heavy atom. The Morgan fingerprint density at radius 3 is 3.09 bits per heavy atom. The third-order valence-corrected chi connectivity index (χ3v) is 4.90. The van der Waals surface area contributed by atoms with Crippen molar-refractivity contribution in [3.05, 3.63) is 47.1 Å². The second-order valence-electron chi connectivity index (χ2n) is 5.31. The number of carbonyl (C=O) groups is 1. The molecule has 0 bridgehead atoms. The van der Waals surface area contributed by atoms with Crippen LogP contribution in [0.3, 0.4) is 0 Å². The number of likely N-dealkylation sites (tertiary alicyclic amines) is 1. The quantitative estimate of drug-likeness (QED) is 0.798. The number of nitrogens with zero attached hydrogens (tertiary/aromatic N) is 5. The van der Waals surface area contributed by atoms with E-state index >= 15 is 0 Å². The van der Waals surface area contributed by atoms with Gasteiger partial charge in [-0.25, -0.2) is 0 Å². The van der Waals surface area contributed by atoms with Crippen LogP contribution in [0.25, 0.3) is 10.7 Å². The molecule has 3 aromatic rings. The van der Waals surface area contributed by atoms with Crippen LogP contribution in [0.15, 0.2) is 35.8 Å². The fourth-order valence-corrected chi connectivity index (χ4v) is 3.77. The summed E-state index contributed by atoms with van der Waals surface area (Å²) in [7, 11) is 0. The van der Waals surface area contributed by atoms with Gasteiger partial charge < -0.3 is 4.90 Å². The Morgan fingerprint density at radius 2 is 2.30 bits per heavy atom. The number of carbonyl (C=O) groups excluding carboxylic acids is 1. The van der Waals surface area contributed by atoms with Crippen molar-refractivity contribution in [3.8, 4) is 10.7 Å². The van der Waals surface area contributed by atoms with E-state index in [-0.39, 0.29) is 11.9 Å². The lowest BCUT2D eigenvalue weighted by molar-refractivity contribution is 0.0734. The minimum absolute atomic E-state index is 0.000738. The number of nitrogens with one attached hydrogen (secondary N) is 1. The molecule has 1 fully saturated rings. The molecule has 3 aromatic heterocycles. The Hall–Kier alpha value is -2.61. The first-order valence-electron chi connectivity index (χ1n) is 7.38. The van der Waals surface area contributed by atoms with Gasteiger partial charge in [-0.3, -0.25) is 9.78 Å². The van der Waals surface area contributed by atoms with Crippen molar-refractivity contribution in [3.63, 3.8) is 0 Å². The van der Waals surface area contributed by atoms with E-state index in [0.717, 1.165) is 30.0 Å². The molecule has 0 aliphatic carbocycles. The first kappa shape index (κ1) is 14.0. The van der Waals surface area contributed by atoms with E-state index in [4.69, 9.17) is 0 Å². The van der Waals surface area contributed by atoms with Crippen LogP contribution in [0, 0.1) is 0 Å². The maximum absolute atomic E-state index is 13.0. The van der Waals surface area contributed by atoms with Gasteiger partial charge in [-0.05, 0) is 41.6 Å². The van der Waals surface area contributed by atoms with E-state index in [1.54, 1.807) is 6.20 Å². The minimum Gasteiger partial charge on any atom is -0.330 e. The van der Waals surface area contributed by atoms with Crippen molar-refractivity contribution in [1.82, 2.24) is 30.5 Å². The lowest BCUT2D eigenvalue weighted by atomic mass is 10.1. The van der Waals surface area contributed by atoms with Crippen LogP contribution in [-0.2, 0) is 0 Å². The van der Waals surface area contributed by atoms with Crippen molar-refractivity contribution in [2.24, 2.45) is 0 Å². The minimum atomic E-state index is -0.000738. The molecule has 7 nitrogen and oxygen atoms in total. The van der Waals surface area contributed by atoms with E-state index in [9.17, 15) is 4.79 Å². The molecule has 4 heterocycles. The van der Waals surface area contributed by atoms with Crippen molar-refractivity contribution < 1.29 is 4.79 Å². The zero-order valence-corrected chi connectivity index (χ0v) is 13.0. The van der Waals surface area contributed by atoms with Gasteiger partial charge in [-0.2, -0.15) is 5.21 Å². The maximum Gasteiger partial charge on any atom is 0.256 e. The van der Waals surface area contributed by atoms with Gasteiger partial charge in [0.15, 0.2) is 0 Å². The van der Waals surface area contributed by atoms with Gasteiger partial charge >= 0.3 is 0 Å².